The maximum absolute atomic E-state index is 13.4. The van der Waals surface area contributed by atoms with Crippen molar-refractivity contribution in [2.45, 2.75) is 13.3 Å². The Morgan fingerprint density at radius 1 is 1.56 bits per heavy atom. The summed E-state index contributed by atoms with van der Waals surface area (Å²) in [4.78, 5) is 12.1. The number of nitro benzene ring substituents is 1. The molecule has 1 fully saturated rings. The van der Waals surface area contributed by atoms with Crippen molar-refractivity contribution < 1.29 is 9.31 Å². The van der Waals surface area contributed by atoms with Crippen molar-refractivity contribution in [3.63, 3.8) is 0 Å². The van der Waals surface area contributed by atoms with Crippen LogP contribution in [0.3, 0.4) is 0 Å². The molecule has 1 unspecified atom stereocenters. The number of nitrogens with zero attached hydrogens (tertiary/aromatic N) is 2. The maximum Gasteiger partial charge on any atom is 0.327 e. The summed E-state index contributed by atoms with van der Waals surface area (Å²) < 4.78 is 13.4. The first kappa shape index (κ1) is 10.9. The average Bonchev–Trinajstić information content (AvgIpc) is 2.63. The molecule has 4 nitrogen and oxygen atoms in total. The van der Waals surface area contributed by atoms with Gasteiger partial charge in [0, 0.05) is 13.1 Å². The summed E-state index contributed by atoms with van der Waals surface area (Å²) in [6, 6.07) is 4.25. The van der Waals surface area contributed by atoms with Gasteiger partial charge >= 0.3 is 5.69 Å². The van der Waals surface area contributed by atoms with Crippen molar-refractivity contribution in [2.24, 2.45) is 5.92 Å². The van der Waals surface area contributed by atoms with Gasteiger partial charge in [0.1, 0.15) is 5.69 Å². The van der Waals surface area contributed by atoms with Gasteiger partial charge in [-0.2, -0.15) is 4.39 Å². The van der Waals surface area contributed by atoms with Crippen molar-refractivity contribution in [2.75, 3.05) is 18.0 Å². The first-order valence-corrected chi connectivity index (χ1v) is 5.27. The Bertz CT molecular complexity index is 422. The van der Waals surface area contributed by atoms with E-state index in [4.69, 9.17) is 0 Å². The molecule has 1 saturated heterocycles. The second kappa shape index (κ2) is 4.08. The number of rotatable bonds is 2. The average molecular weight is 224 g/mol. The van der Waals surface area contributed by atoms with Crippen molar-refractivity contribution in [1.29, 1.82) is 0 Å². The lowest BCUT2D eigenvalue weighted by molar-refractivity contribution is -0.386. The van der Waals surface area contributed by atoms with Crippen molar-refractivity contribution in [3.05, 3.63) is 34.1 Å². The zero-order chi connectivity index (χ0) is 11.7. The van der Waals surface area contributed by atoms with E-state index in [0.717, 1.165) is 25.6 Å². The first-order valence-electron chi connectivity index (χ1n) is 5.27. The summed E-state index contributed by atoms with van der Waals surface area (Å²) in [5.41, 5.74) is -0.00838. The minimum atomic E-state index is -0.762. The van der Waals surface area contributed by atoms with E-state index < -0.39 is 16.4 Å². The Kier molecular flexibility index (Phi) is 2.77. The van der Waals surface area contributed by atoms with Crippen LogP contribution in [0, 0.1) is 21.8 Å². The van der Waals surface area contributed by atoms with Gasteiger partial charge < -0.3 is 4.90 Å². The fraction of sp³-hybridized carbons (Fsp3) is 0.455. The van der Waals surface area contributed by atoms with E-state index in [2.05, 4.69) is 6.92 Å². The van der Waals surface area contributed by atoms with Crippen molar-refractivity contribution in [1.82, 2.24) is 0 Å². The Balaban J connectivity index is 2.40. The largest absolute Gasteiger partial charge is 0.366 e. The number of halogens is 1. The lowest BCUT2D eigenvalue weighted by atomic mass is 10.2. The highest BCUT2D eigenvalue weighted by molar-refractivity contribution is 5.64. The normalized spacial score (nSPS) is 20.1. The van der Waals surface area contributed by atoms with Gasteiger partial charge in [-0.25, -0.2) is 0 Å². The number of nitro groups is 1. The monoisotopic (exact) mass is 224 g/mol. The molecule has 0 saturated carbocycles. The molecule has 0 spiro atoms. The Morgan fingerprint density at radius 2 is 2.31 bits per heavy atom. The van der Waals surface area contributed by atoms with Crippen LogP contribution in [-0.4, -0.2) is 18.0 Å². The third-order valence-electron chi connectivity index (χ3n) is 2.91. The maximum atomic E-state index is 13.4. The summed E-state index contributed by atoms with van der Waals surface area (Å²) in [5, 5.41) is 10.8. The molecule has 0 aliphatic carbocycles. The lowest BCUT2D eigenvalue weighted by Gasteiger charge is -2.17. The van der Waals surface area contributed by atoms with E-state index in [-0.39, 0.29) is 0 Å². The first-order chi connectivity index (χ1) is 7.59. The molecule has 1 aliphatic rings. The number of hydrogen-bond donors (Lipinski definition) is 0. The molecule has 2 rings (SSSR count). The van der Waals surface area contributed by atoms with Crippen LogP contribution < -0.4 is 4.90 Å². The summed E-state index contributed by atoms with van der Waals surface area (Å²) in [5.74, 6) is -0.259. The molecule has 0 amide bonds. The zero-order valence-corrected chi connectivity index (χ0v) is 9.02. The van der Waals surface area contributed by atoms with E-state index in [1.165, 1.54) is 6.07 Å². The molecular weight excluding hydrogens is 211 g/mol. The molecule has 5 heteroatoms. The molecule has 1 heterocycles. The van der Waals surface area contributed by atoms with Crippen molar-refractivity contribution in [3.8, 4) is 0 Å². The fourth-order valence-electron chi connectivity index (χ4n) is 2.09. The van der Waals surface area contributed by atoms with E-state index in [1.54, 1.807) is 6.07 Å². The van der Waals surface area contributed by atoms with Gasteiger partial charge in [-0.1, -0.05) is 13.0 Å². The molecule has 0 radical (unpaired) electrons. The van der Waals surface area contributed by atoms with Gasteiger partial charge in [-0.05, 0) is 24.5 Å². The van der Waals surface area contributed by atoms with Crippen LogP contribution in [0.1, 0.15) is 13.3 Å². The van der Waals surface area contributed by atoms with E-state index in [1.807, 2.05) is 4.90 Å². The topological polar surface area (TPSA) is 46.4 Å². The Hall–Kier alpha value is -1.65. The molecule has 1 aromatic rings. The summed E-state index contributed by atoms with van der Waals surface area (Å²) in [6.07, 6.45) is 0.994. The van der Waals surface area contributed by atoms with E-state index >= 15 is 0 Å². The highest BCUT2D eigenvalue weighted by Gasteiger charge is 2.27. The lowest BCUT2D eigenvalue weighted by Crippen LogP contribution is -2.20. The highest BCUT2D eigenvalue weighted by atomic mass is 19.1. The van der Waals surface area contributed by atoms with Gasteiger partial charge in [0.25, 0.3) is 0 Å². The highest BCUT2D eigenvalue weighted by Crippen LogP contribution is 2.33. The third kappa shape index (κ3) is 1.85. The van der Waals surface area contributed by atoms with Crippen LogP contribution in [0.4, 0.5) is 15.8 Å². The standard InChI is InChI=1S/C11H13FN2O2/c1-8-5-6-13(7-8)10-4-2-3-9(12)11(10)14(15)16/h2-4,8H,5-7H2,1H3. The Morgan fingerprint density at radius 3 is 2.88 bits per heavy atom. The number of hydrogen-bond acceptors (Lipinski definition) is 3. The minimum Gasteiger partial charge on any atom is -0.366 e. The SMILES string of the molecule is CC1CCN(c2cccc(F)c2[N+](=O)[O-])C1. The molecule has 1 aliphatic heterocycles. The Labute approximate surface area is 92.8 Å². The molecule has 1 aromatic carbocycles. The molecule has 86 valence electrons. The summed E-state index contributed by atoms with van der Waals surface area (Å²) >= 11 is 0. The quantitative estimate of drug-likeness (QED) is 0.573. The van der Waals surface area contributed by atoms with Crippen LogP contribution in [0.2, 0.25) is 0 Å². The number of benzene rings is 1. The second-order valence-electron chi connectivity index (χ2n) is 4.20. The van der Waals surface area contributed by atoms with Gasteiger partial charge in [-0.15, -0.1) is 0 Å². The number of anilines is 1. The molecule has 0 bridgehead atoms. The zero-order valence-electron chi connectivity index (χ0n) is 9.02. The van der Waals surface area contributed by atoms with Gasteiger partial charge in [-0.3, -0.25) is 10.1 Å². The van der Waals surface area contributed by atoms with E-state index in [0.29, 0.717) is 11.6 Å². The summed E-state index contributed by atoms with van der Waals surface area (Å²) in [7, 11) is 0. The smallest absolute Gasteiger partial charge is 0.327 e. The van der Waals surface area contributed by atoms with Crippen molar-refractivity contribution >= 4 is 11.4 Å². The van der Waals surface area contributed by atoms with E-state index in [9.17, 15) is 14.5 Å². The molecule has 16 heavy (non-hydrogen) atoms. The third-order valence-corrected chi connectivity index (χ3v) is 2.91. The van der Waals surface area contributed by atoms with Gasteiger partial charge in [0.15, 0.2) is 0 Å². The van der Waals surface area contributed by atoms with Crippen LogP contribution in [-0.2, 0) is 0 Å². The fourth-order valence-corrected chi connectivity index (χ4v) is 2.09. The molecule has 1 atom stereocenters. The molecule has 0 aromatic heterocycles. The second-order valence-corrected chi connectivity index (χ2v) is 4.20. The predicted molar refractivity (Wildman–Crippen MR) is 59.0 cm³/mol. The minimum absolute atomic E-state index is 0.398. The molecule has 0 N–H and O–H groups in total. The number of para-hydroxylation sites is 1. The summed E-state index contributed by atoms with van der Waals surface area (Å²) in [6.45, 7) is 3.60. The predicted octanol–water partition coefficient (Wildman–Crippen LogP) is 2.58. The van der Waals surface area contributed by atoms with Gasteiger partial charge in [0.2, 0.25) is 5.82 Å². The van der Waals surface area contributed by atoms with Crippen LogP contribution in [0.5, 0.6) is 0 Å². The van der Waals surface area contributed by atoms with Crippen LogP contribution in [0.25, 0.3) is 0 Å². The molecular formula is C11H13FN2O2. The van der Waals surface area contributed by atoms with Gasteiger partial charge in [0.05, 0.1) is 4.92 Å². The van der Waals surface area contributed by atoms with Crippen LogP contribution >= 0.6 is 0 Å². The van der Waals surface area contributed by atoms with Crippen LogP contribution in [0.15, 0.2) is 18.2 Å².